The zero-order valence-electron chi connectivity index (χ0n) is 10.6. The lowest BCUT2D eigenvalue weighted by molar-refractivity contribution is 0.326. The van der Waals surface area contributed by atoms with Gasteiger partial charge in [-0.1, -0.05) is 18.6 Å². The van der Waals surface area contributed by atoms with Crippen LogP contribution in [-0.4, -0.2) is 24.2 Å². The predicted octanol–water partition coefficient (Wildman–Crippen LogP) is 1.64. The molecule has 4 N–H and O–H groups in total. The van der Waals surface area contributed by atoms with Crippen molar-refractivity contribution in [2.45, 2.75) is 25.7 Å². The molecule has 0 bridgehead atoms. The lowest BCUT2D eigenvalue weighted by atomic mass is 9.86. The third kappa shape index (κ3) is 3.95. The van der Waals surface area contributed by atoms with Gasteiger partial charge in [0.05, 0.1) is 0 Å². The Bertz CT molecular complexity index is 413. The molecule has 1 aromatic carbocycles. The van der Waals surface area contributed by atoms with Crippen molar-refractivity contribution in [2.75, 3.05) is 13.1 Å². The van der Waals surface area contributed by atoms with Crippen LogP contribution in [0.3, 0.4) is 0 Å². The second-order valence-electron chi connectivity index (χ2n) is 4.87. The minimum atomic E-state index is 0.305. The van der Waals surface area contributed by atoms with Gasteiger partial charge in [0.25, 0.3) is 0 Å². The first-order chi connectivity index (χ1) is 8.74. The molecule has 0 atom stereocenters. The Kier molecular flexibility index (Phi) is 4.45. The number of guanidine groups is 1. The number of phenolic OH excluding ortho intramolecular Hbond substituents is 1. The van der Waals surface area contributed by atoms with E-state index in [1.807, 2.05) is 12.1 Å². The van der Waals surface area contributed by atoms with Gasteiger partial charge in [0, 0.05) is 13.1 Å². The summed E-state index contributed by atoms with van der Waals surface area (Å²) in [5, 5.41) is 12.4. The first-order valence-corrected chi connectivity index (χ1v) is 6.56. The highest BCUT2D eigenvalue weighted by Crippen LogP contribution is 2.26. The SMILES string of the molecule is NC(=NCC1CCC1)NCCc1cccc(O)c1. The van der Waals surface area contributed by atoms with Crippen molar-refractivity contribution in [3.63, 3.8) is 0 Å². The number of nitrogens with one attached hydrogen (secondary N) is 1. The van der Waals surface area contributed by atoms with Gasteiger partial charge in [-0.05, 0) is 42.9 Å². The Morgan fingerprint density at radius 2 is 2.28 bits per heavy atom. The van der Waals surface area contributed by atoms with Crippen LogP contribution < -0.4 is 11.1 Å². The number of aliphatic imine (C=N–C) groups is 1. The molecule has 2 rings (SSSR count). The second kappa shape index (κ2) is 6.28. The number of phenols is 1. The number of benzene rings is 1. The van der Waals surface area contributed by atoms with E-state index in [0.717, 1.165) is 31.0 Å². The molecule has 0 saturated heterocycles. The van der Waals surface area contributed by atoms with E-state index in [9.17, 15) is 5.11 Å². The molecule has 0 spiro atoms. The monoisotopic (exact) mass is 247 g/mol. The zero-order valence-corrected chi connectivity index (χ0v) is 10.6. The van der Waals surface area contributed by atoms with Gasteiger partial charge in [0.1, 0.15) is 5.75 Å². The fourth-order valence-corrected chi connectivity index (χ4v) is 2.01. The van der Waals surface area contributed by atoms with E-state index in [1.54, 1.807) is 12.1 Å². The van der Waals surface area contributed by atoms with Crippen molar-refractivity contribution in [1.29, 1.82) is 0 Å². The van der Waals surface area contributed by atoms with Crippen LogP contribution in [0, 0.1) is 5.92 Å². The van der Waals surface area contributed by atoms with Gasteiger partial charge in [-0.3, -0.25) is 4.99 Å². The molecule has 0 aliphatic heterocycles. The van der Waals surface area contributed by atoms with Crippen LogP contribution in [0.25, 0.3) is 0 Å². The van der Waals surface area contributed by atoms with Gasteiger partial charge < -0.3 is 16.2 Å². The Morgan fingerprint density at radius 3 is 2.94 bits per heavy atom. The summed E-state index contributed by atoms with van der Waals surface area (Å²) in [6.07, 6.45) is 4.75. The second-order valence-corrected chi connectivity index (χ2v) is 4.87. The van der Waals surface area contributed by atoms with E-state index < -0.39 is 0 Å². The van der Waals surface area contributed by atoms with E-state index in [-0.39, 0.29) is 0 Å². The number of rotatable bonds is 5. The molecule has 0 unspecified atom stereocenters. The first kappa shape index (κ1) is 12.7. The van der Waals surface area contributed by atoms with Crippen LogP contribution >= 0.6 is 0 Å². The van der Waals surface area contributed by atoms with E-state index in [4.69, 9.17) is 5.73 Å². The zero-order chi connectivity index (χ0) is 12.8. The molecule has 0 radical (unpaired) electrons. The Labute approximate surface area is 108 Å². The fraction of sp³-hybridized carbons (Fsp3) is 0.500. The lowest BCUT2D eigenvalue weighted by Crippen LogP contribution is -2.34. The molecule has 1 aromatic rings. The van der Waals surface area contributed by atoms with Gasteiger partial charge in [0.15, 0.2) is 5.96 Å². The van der Waals surface area contributed by atoms with Crippen LogP contribution in [0.2, 0.25) is 0 Å². The first-order valence-electron chi connectivity index (χ1n) is 6.56. The summed E-state index contributed by atoms with van der Waals surface area (Å²) in [6.45, 7) is 1.59. The highest BCUT2D eigenvalue weighted by atomic mass is 16.3. The van der Waals surface area contributed by atoms with Gasteiger partial charge in [0.2, 0.25) is 0 Å². The fourth-order valence-electron chi connectivity index (χ4n) is 2.01. The third-order valence-corrected chi connectivity index (χ3v) is 3.37. The molecule has 1 saturated carbocycles. The number of nitrogens with zero attached hydrogens (tertiary/aromatic N) is 1. The van der Waals surface area contributed by atoms with Gasteiger partial charge in [-0.2, -0.15) is 0 Å². The summed E-state index contributed by atoms with van der Waals surface area (Å²) < 4.78 is 0. The van der Waals surface area contributed by atoms with Gasteiger partial charge in [-0.15, -0.1) is 0 Å². The minimum absolute atomic E-state index is 0.305. The summed E-state index contributed by atoms with van der Waals surface area (Å²) in [5.41, 5.74) is 6.88. The molecule has 0 heterocycles. The molecular formula is C14H21N3O. The highest BCUT2D eigenvalue weighted by Gasteiger charge is 2.16. The van der Waals surface area contributed by atoms with Crippen LogP contribution in [0.5, 0.6) is 5.75 Å². The average Bonchev–Trinajstić information content (AvgIpc) is 2.27. The van der Waals surface area contributed by atoms with Crippen LogP contribution in [0.4, 0.5) is 0 Å². The number of hydrogen-bond donors (Lipinski definition) is 3. The summed E-state index contributed by atoms with van der Waals surface area (Å²) >= 11 is 0. The molecule has 18 heavy (non-hydrogen) atoms. The maximum absolute atomic E-state index is 9.33. The number of hydrogen-bond acceptors (Lipinski definition) is 2. The lowest BCUT2D eigenvalue weighted by Gasteiger charge is -2.23. The van der Waals surface area contributed by atoms with Gasteiger partial charge in [-0.25, -0.2) is 0 Å². The van der Waals surface area contributed by atoms with Crippen LogP contribution in [0.15, 0.2) is 29.3 Å². The third-order valence-electron chi connectivity index (χ3n) is 3.37. The van der Waals surface area contributed by atoms with E-state index in [2.05, 4.69) is 10.3 Å². The molecule has 98 valence electrons. The number of nitrogens with two attached hydrogens (primary N) is 1. The standard InChI is InChI=1S/C14H21N3O/c15-14(17-10-12-4-1-5-12)16-8-7-11-3-2-6-13(18)9-11/h2-3,6,9,12,18H,1,4-5,7-8,10H2,(H3,15,16,17). The number of aromatic hydroxyl groups is 1. The maximum atomic E-state index is 9.33. The minimum Gasteiger partial charge on any atom is -0.508 e. The molecule has 4 heteroatoms. The summed E-state index contributed by atoms with van der Waals surface area (Å²) in [4.78, 5) is 4.33. The average molecular weight is 247 g/mol. The Morgan fingerprint density at radius 1 is 1.44 bits per heavy atom. The molecule has 0 amide bonds. The molecule has 4 nitrogen and oxygen atoms in total. The molecule has 1 fully saturated rings. The van der Waals surface area contributed by atoms with Crippen molar-refractivity contribution in [3.8, 4) is 5.75 Å². The highest BCUT2D eigenvalue weighted by molar-refractivity contribution is 5.77. The smallest absolute Gasteiger partial charge is 0.188 e. The Hall–Kier alpha value is -1.71. The van der Waals surface area contributed by atoms with Crippen molar-refractivity contribution in [3.05, 3.63) is 29.8 Å². The van der Waals surface area contributed by atoms with Crippen LogP contribution in [0.1, 0.15) is 24.8 Å². The van der Waals surface area contributed by atoms with E-state index in [1.165, 1.54) is 19.3 Å². The predicted molar refractivity (Wildman–Crippen MR) is 73.6 cm³/mol. The van der Waals surface area contributed by atoms with Crippen molar-refractivity contribution in [2.24, 2.45) is 16.6 Å². The van der Waals surface area contributed by atoms with Crippen molar-refractivity contribution in [1.82, 2.24) is 5.32 Å². The largest absolute Gasteiger partial charge is 0.508 e. The molecule has 0 aromatic heterocycles. The topological polar surface area (TPSA) is 70.6 Å². The van der Waals surface area contributed by atoms with Gasteiger partial charge >= 0.3 is 0 Å². The maximum Gasteiger partial charge on any atom is 0.188 e. The molecule has 1 aliphatic carbocycles. The van der Waals surface area contributed by atoms with E-state index in [0.29, 0.717) is 11.7 Å². The van der Waals surface area contributed by atoms with Crippen LogP contribution in [-0.2, 0) is 6.42 Å². The molecular weight excluding hydrogens is 226 g/mol. The van der Waals surface area contributed by atoms with E-state index >= 15 is 0 Å². The molecule has 1 aliphatic rings. The van der Waals surface area contributed by atoms with Crippen molar-refractivity contribution >= 4 is 5.96 Å². The summed E-state index contributed by atoms with van der Waals surface area (Å²) in [6, 6.07) is 7.27. The summed E-state index contributed by atoms with van der Waals surface area (Å²) in [7, 11) is 0. The normalized spacial score (nSPS) is 16.3. The quantitative estimate of drug-likeness (QED) is 0.547. The summed E-state index contributed by atoms with van der Waals surface area (Å²) in [5.74, 6) is 1.58. The Balaban J connectivity index is 1.67. The van der Waals surface area contributed by atoms with Crippen molar-refractivity contribution < 1.29 is 5.11 Å².